The van der Waals surface area contributed by atoms with E-state index in [1.54, 1.807) is 0 Å². The van der Waals surface area contributed by atoms with Gasteiger partial charge in [0.1, 0.15) is 10.5 Å². The highest BCUT2D eigenvalue weighted by molar-refractivity contribution is 8.01. The molecule has 0 aliphatic heterocycles. The predicted molar refractivity (Wildman–Crippen MR) is 161 cm³/mol. The van der Waals surface area contributed by atoms with Crippen LogP contribution in [0.3, 0.4) is 0 Å². The van der Waals surface area contributed by atoms with Gasteiger partial charge >= 0.3 is 11.9 Å². The number of carbonyl (C=O) groups excluding carboxylic acids is 2. The van der Waals surface area contributed by atoms with Crippen molar-refractivity contribution in [2.75, 3.05) is 13.2 Å². The van der Waals surface area contributed by atoms with E-state index in [-0.39, 0.29) is 22.4 Å². The van der Waals surface area contributed by atoms with Crippen molar-refractivity contribution in [1.82, 2.24) is 0 Å². The lowest BCUT2D eigenvalue weighted by Gasteiger charge is -2.19. The Hall–Kier alpha value is -0.710. The van der Waals surface area contributed by atoms with Gasteiger partial charge in [-0.05, 0) is 25.7 Å². The van der Waals surface area contributed by atoms with Crippen molar-refractivity contribution < 1.29 is 19.1 Å². The number of esters is 2. The Morgan fingerprint density at radius 3 is 1.00 bits per heavy atom. The van der Waals surface area contributed by atoms with Crippen LogP contribution in [0.4, 0.5) is 0 Å². The third-order valence-electron chi connectivity index (χ3n) is 7.08. The van der Waals surface area contributed by atoms with E-state index in [0.717, 1.165) is 25.7 Å². The maximum atomic E-state index is 12.6. The molecule has 0 bridgehead atoms. The van der Waals surface area contributed by atoms with E-state index in [9.17, 15) is 9.59 Å². The number of ether oxygens (including phenoxy) is 2. The van der Waals surface area contributed by atoms with Crippen LogP contribution in [0.1, 0.15) is 169 Å². The number of carbonyl (C=O) groups is 2. The van der Waals surface area contributed by atoms with Gasteiger partial charge in [-0.25, -0.2) is 0 Å². The fourth-order valence-corrected chi connectivity index (χ4v) is 5.69. The second-order valence-electron chi connectivity index (χ2n) is 10.6. The van der Waals surface area contributed by atoms with Crippen LogP contribution in [0.2, 0.25) is 0 Å². The van der Waals surface area contributed by atoms with Crippen LogP contribution in [0, 0.1) is 0 Å². The van der Waals surface area contributed by atoms with Crippen LogP contribution >= 0.6 is 11.8 Å². The van der Waals surface area contributed by atoms with Crippen molar-refractivity contribution in [3.63, 3.8) is 0 Å². The molecule has 37 heavy (non-hydrogen) atoms. The van der Waals surface area contributed by atoms with Crippen molar-refractivity contribution in [1.29, 1.82) is 0 Å². The first-order chi connectivity index (χ1) is 18.1. The molecule has 220 valence electrons. The first-order valence-corrected chi connectivity index (χ1v) is 17.0. The standard InChI is InChI=1S/C32H62O4S/c1-5-9-11-13-15-17-19-21-23-25-27-35-31(33)29(7-3)37-30(8-4)32(34)36-28-26-24-22-20-18-16-14-12-10-6-2/h29-30H,5-28H2,1-4H3. The number of hydrogen-bond donors (Lipinski definition) is 0. The molecule has 0 aliphatic rings. The summed E-state index contributed by atoms with van der Waals surface area (Å²) in [5.74, 6) is -0.353. The molecule has 0 rings (SSSR count). The van der Waals surface area contributed by atoms with Crippen LogP contribution in [0.5, 0.6) is 0 Å². The Morgan fingerprint density at radius 2 is 0.730 bits per heavy atom. The summed E-state index contributed by atoms with van der Waals surface area (Å²) in [5.41, 5.74) is 0. The molecule has 4 nitrogen and oxygen atoms in total. The minimum Gasteiger partial charge on any atom is -0.465 e. The molecular formula is C32H62O4S. The Labute approximate surface area is 235 Å². The highest BCUT2D eigenvalue weighted by atomic mass is 32.2. The van der Waals surface area contributed by atoms with Gasteiger partial charge in [-0.1, -0.05) is 143 Å². The summed E-state index contributed by atoms with van der Waals surface area (Å²) in [6.45, 7) is 9.47. The number of thioether (sulfide) groups is 1. The molecule has 0 aliphatic carbocycles. The van der Waals surface area contributed by atoms with Gasteiger partial charge in [-0.15, -0.1) is 11.8 Å². The molecule has 2 unspecified atom stereocenters. The number of unbranched alkanes of at least 4 members (excludes halogenated alkanes) is 18. The molecule has 2 atom stereocenters. The lowest BCUT2D eigenvalue weighted by atomic mass is 10.1. The van der Waals surface area contributed by atoms with Crippen LogP contribution in [-0.4, -0.2) is 35.7 Å². The van der Waals surface area contributed by atoms with E-state index in [4.69, 9.17) is 9.47 Å². The van der Waals surface area contributed by atoms with Crippen molar-refractivity contribution in [2.45, 2.75) is 179 Å². The summed E-state index contributed by atoms with van der Waals surface area (Å²) in [7, 11) is 0. The molecule has 5 heteroatoms. The third-order valence-corrected chi connectivity index (χ3v) is 8.79. The Kier molecular flexibility index (Phi) is 27.8. The van der Waals surface area contributed by atoms with Crippen molar-refractivity contribution in [2.24, 2.45) is 0 Å². The zero-order valence-corrected chi connectivity index (χ0v) is 26.0. The lowest BCUT2D eigenvalue weighted by molar-refractivity contribution is -0.143. The second kappa shape index (κ2) is 28.3. The minimum absolute atomic E-state index is 0.177. The monoisotopic (exact) mass is 542 g/mol. The summed E-state index contributed by atoms with van der Waals surface area (Å²) in [6, 6.07) is 0. The van der Waals surface area contributed by atoms with Gasteiger partial charge in [0, 0.05) is 0 Å². The van der Waals surface area contributed by atoms with Crippen molar-refractivity contribution >= 4 is 23.7 Å². The van der Waals surface area contributed by atoms with Crippen molar-refractivity contribution in [3.8, 4) is 0 Å². The molecule has 0 fully saturated rings. The van der Waals surface area contributed by atoms with E-state index in [0.29, 0.717) is 26.1 Å². The van der Waals surface area contributed by atoms with Gasteiger partial charge in [-0.3, -0.25) is 9.59 Å². The van der Waals surface area contributed by atoms with E-state index < -0.39 is 0 Å². The van der Waals surface area contributed by atoms with E-state index in [1.807, 2.05) is 13.8 Å². The SMILES string of the molecule is CCCCCCCCCCCCOC(=O)C(CC)SC(CC)C(=O)OCCCCCCCCCCCC. The third kappa shape index (κ3) is 22.9. The Balaban J connectivity index is 3.88. The Bertz CT molecular complexity index is 467. The molecule has 0 N–H and O–H groups in total. The molecule has 0 saturated heterocycles. The molecule has 0 heterocycles. The van der Waals surface area contributed by atoms with E-state index in [1.165, 1.54) is 114 Å². The van der Waals surface area contributed by atoms with Gasteiger partial charge in [0.05, 0.1) is 13.2 Å². The summed E-state index contributed by atoms with van der Waals surface area (Å²) in [5, 5.41) is -0.587. The molecule has 0 radical (unpaired) electrons. The number of hydrogen-bond acceptors (Lipinski definition) is 5. The fraction of sp³-hybridized carbons (Fsp3) is 0.938. The normalized spacial score (nSPS) is 12.9. The average molecular weight is 543 g/mol. The molecule has 0 saturated carbocycles. The van der Waals surface area contributed by atoms with E-state index >= 15 is 0 Å². The van der Waals surface area contributed by atoms with Crippen LogP contribution < -0.4 is 0 Å². The minimum atomic E-state index is -0.294. The molecule has 0 aromatic carbocycles. The molecular weight excluding hydrogens is 480 g/mol. The first-order valence-electron chi connectivity index (χ1n) is 16.1. The maximum Gasteiger partial charge on any atom is 0.319 e. The van der Waals surface area contributed by atoms with Crippen LogP contribution in [0.25, 0.3) is 0 Å². The molecule has 0 amide bonds. The molecule has 0 aromatic heterocycles. The van der Waals surface area contributed by atoms with Gasteiger partial charge in [-0.2, -0.15) is 0 Å². The number of rotatable bonds is 28. The highest BCUT2D eigenvalue weighted by Crippen LogP contribution is 2.25. The highest BCUT2D eigenvalue weighted by Gasteiger charge is 2.27. The van der Waals surface area contributed by atoms with Gasteiger partial charge in [0.15, 0.2) is 0 Å². The zero-order valence-electron chi connectivity index (χ0n) is 25.2. The lowest BCUT2D eigenvalue weighted by Crippen LogP contribution is -2.28. The molecule has 0 spiro atoms. The first kappa shape index (κ1) is 36.3. The average Bonchev–Trinajstić information content (AvgIpc) is 2.90. The predicted octanol–water partition coefficient (Wildman–Crippen LogP) is 10.2. The maximum absolute atomic E-state index is 12.6. The zero-order chi connectivity index (χ0) is 27.4. The summed E-state index contributed by atoms with van der Waals surface area (Å²) in [6.07, 6.45) is 26.6. The van der Waals surface area contributed by atoms with Gasteiger partial charge < -0.3 is 9.47 Å². The van der Waals surface area contributed by atoms with Crippen molar-refractivity contribution in [3.05, 3.63) is 0 Å². The largest absolute Gasteiger partial charge is 0.465 e. The second-order valence-corrected chi connectivity index (χ2v) is 12.0. The van der Waals surface area contributed by atoms with E-state index in [2.05, 4.69) is 13.8 Å². The summed E-state index contributed by atoms with van der Waals surface area (Å²) < 4.78 is 11.1. The fourth-order valence-electron chi connectivity index (χ4n) is 4.55. The smallest absolute Gasteiger partial charge is 0.319 e. The summed E-state index contributed by atoms with van der Waals surface area (Å²) in [4.78, 5) is 25.1. The topological polar surface area (TPSA) is 52.6 Å². The van der Waals surface area contributed by atoms with Gasteiger partial charge in [0.25, 0.3) is 0 Å². The quantitative estimate of drug-likeness (QED) is 0.0727. The molecule has 0 aromatic rings. The van der Waals surface area contributed by atoms with Gasteiger partial charge in [0.2, 0.25) is 0 Å². The van der Waals surface area contributed by atoms with Crippen LogP contribution in [-0.2, 0) is 19.1 Å². The van der Waals surface area contributed by atoms with Crippen LogP contribution in [0.15, 0.2) is 0 Å². The Morgan fingerprint density at radius 1 is 0.459 bits per heavy atom. The summed E-state index contributed by atoms with van der Waals surface area (Å²) >= 11 is 1.42.